The van der Waals surface area contributed by atoms with E-state index in [9.17, 15) is 0 Å². The number of likely N-dealkylation sites (tertiary alicyclic amines) is 1. The van der Waals surface area contributed by atoms with Crippen LogP contribution in [0.15, 0.2) is 23.8 Å². The van der Waals surface area contributed by atoms with Crippen LogP contribution in [0.25, 0.3) is 22.3 Å². The number of nitrogens with zero attached hydrogens (tertiary/aromatic N) is 5. The number of thiazole rings is 1. The number of ether oxygens (including phenoxy) is 1. The van der Waals surface area contributed by atoms with Gasteiger partial charge in [0.1, 0.15) is 10.7 Å². The van der Waals surface area contributed by atoms with Gasteiger partial charge in [0.15, 0.2) is 0 Å². The van der Waals surface area contributed by atoms with Gasteiger partial charge in [0.05, 0.1) is 24.9 Å². The van der Waals surface area contributed by atoms with Crippen LogP contribution in [0.4, 0.5) is 0 Å². The van der Waals surface area contributed by atoms with Crippen LogP contribution in [-0.4, -0.2) is 69.7 Å². The molecule has 3 fully saturated rings. The van der Waals surface area contributed by atoms with Crippen LogP contribution in [0.1, 0.15) is 61.1 Å². The molecule has 0 radical (unpaired) electrons. The zero-order valence-electron chi connectivity index (χ0n) is 19.3. The van der Waals surface area contributed by atoms with E-state index in [1.807, 2.05) is 3.97 Å². The Labute approximate surface area is 205 Å². The van der Waals surface area contributed by atoms with Crippen LogP contribution in [0.2, 0.25) is 0 Å². The maximum absolute atomic E-state index is 5.54. The number of hydrogen-bond acceptors (Lipinski definition) is 7. The number of hydrogen-bond donors (Lipinski definition) is 1. The standard InChI is InChI=1S/C25H33N5OS2/c1-28-8-2-3-23(28)25-27-22(16-33-25)21-15-30(32)24-20(21)13-18(14-26-24)17-4-6-19(7-5-17)29-9-11-31-12-10-29/h13-17,19,23,32H,2-12H2,1H3/t17-,19+,23?. The van der Waals surface area contributed by atoms with Gasteiger partial charge < -0.3 is 4.74 Å². The van der Waals surface area contributed by atoms with Crippen molar-refractivity contribution in [3.05, 3.63) is 34.4 Å². The zero-order valence-corrected chi connectivity index (χ0v) is 21.0. The fraction of sp³-hybridized carbons (Fsp3) is 0.600. The normalized spacial score (nSPS) is 27.5. The smallest absolute Gasteiger partial charge is 0.150 e. The van der Waals surface area contributed by atoms with E-state index >= 15 is 0 Å². The number of morpholine rings is 1. The second kappa shape index (κ2) is 9.30. The predicted molar refractivity (Wildman–Crippen MR) is 137 cm³/mol. The quantitative estimate of drug-likeness (QED) is 0.531. The lowest BCUT2D eigenvalue weighted by Crippen LogP contribution is -2.44. The molecule has 2 aliphatic heterocycles. The molecule has 1 unspecified atom stereocenters. The molecule has 1 saturated carbocycles. The molecular weight excluding hydrogens is 450 g/mol. The Morgan fingerprint density at radius 1 is 1.09 bits per heavy atom. The minimum absolute atomic E-state index is 0.462. The van der Waals surface area contributed by atoms with Gasteiger partial charge in [-0.15, -0.1) is 11.3 Å². The molecular formula is C25H33N5OS2. The van der Waals surface area contributed by atoms with Gasteiger partial charge in [0.2, 0.25) is 0 Å². The van der Waals surface area contributed by atoms with E-state index in [0.717, 1.165) is 55.8 Å². The Bertz CT molecular complexity index is 1110. The van der Waals surface area contributed by atoms with Crippen molar-refractivity contribution in [2.75, 3.05) is 39.9 Å². The summed E-state index contributed by atoms with van der Waals surface area (Å²) in [6, 6.07) is 3.55. The summed E-state index contributed by atoms with van der Waals surface area (Å²) in [5, 5.41) is 4.62. The molecule has 6 rings (SSSR count). The lowest BCUT2D eigenvalue weighted by Gasteiger charge is -2.38. The summed E-state index contributed by atoms with van der Waals surface area (Å²) in [7, 11) is 2.21. The van der Waals surface area contributed by atoms with Gasteiger partial charge in [-0.1, -0.05) is 12.8 Å². The highest BCUT2D eigenvalue weighted by Crippen LogP contribution is 2.39. The van der Waals surface area contributed by atoms with Crippen molar-refractivity contribution >= 4 is 35.2 Å². The Kier molecular flexibility index (Phi) is 6.21. The molecule has 5 heterocycles. The average Bonchev–Trinajstić information content (AvgIpc) is 3.58. The van der Waals surface area contributed by atoms with Gasteiger partial charge >= 0.3 is 0 Å². The molecule has 1 atom stereocenters. The molecule has 176 valence electrons. The first-order valence-corrected chi connectivity index (χ1v) is 13.6. The molecule has 0 aromatic carbocycles. The van der Waals surface area contributed by atoms with E-state index in [2.05, 4.69) is 53.5 Å². The summed E-state index contributed by atoms with van der Waals surface area (Å²) in [4.78, 5) is 15.0. The Hall–Kier alpha value is -1.45. The molecule has 6 nitrogen and oxygen atoms in total. The molecule has 33 heavy (non-hydrogen) atoms. The minimum atomic E-state index is 0.462. The van der Waals surface area contributed by atoms with Crippen molar-refractivity contribution in [2.45, 2.75) is 56.5 Å². The fourth-order valence-electron chi connectivity index (χ4n) is 6.04. The Morgan fingerprint density at radius 2 is 1.91 bits per heavy atom. The highest BCUT2D eigenvalue weighted by molar-refractivity contribution is 7.78. The SMILES string of the molecule is CN1CCCC1c1nc(-c2cn(S)c3ncc([C@H]4CC[C@@H](N5CCOCC5)CC4)cc23)cs1. The van der Waals surface area contributed by atoms with E-state index in [1.54, 1.807) is 11.3 Å². The van der Waals surface area contributed by atoms with E-state index in [-0.39, 0.29) is 0 Å². The van der Waals surface area contributed by atoms with E-state index in [4.69, 9.17) is 14.7 Å². The minimum Gasteiger partial charge on any atom is -0.379 e. The van der Waals surface area contributed by atoms with Gasteiger partial charge in [-0.2, -0.15) is 0 Å². The first-order chi connectivity index (χ1) is 16.2. The molecule has 0 N–H and O–H groups in total. The highest BCUT2D eigenvalue weighted by Gasteiger charge is 2.29. The molecule has 3 aromatic heterocycles. The molecule has 0 amide bonds. The number of fused-ring (bicyclic) bond motifs is 1. The van der Waals surface area contributed by atoms with Gasteiger partial charge in [0, 0.05) is 47.9 Å². The largest absolute Gasteiger partial charge is 0.379 e. The molecule has 0 bridgehead atoms. The highest BCUT2D eigenvalue weighted by atomic mass is 32.1. The first-order valence-electron chi connectivity index (χ1n) is 12.4. The van der Waals surface area contributed by atoms with E-state index < -0.39 is 0 Å². The maximum atomic E-state index is 5.54. The van der Waals surface area contributed by atoms with Crippen LogP contribution in [0.3, 0.4) is 0 Å². The molecule has 0 spiro atoms. The average molecular weight is 484 g/mol. The third kappa shape index (κ3) is 4.25. The lowest BCUT2D eigenvalue weighted by atomic mass is 9.81. The molecule has 1 aliphatic carbocycles. The topological polar surface area (TPSA) is 46.4 Å². The molecule has 3 aliphatic rings. The van der Waals surface area contributed by atoms with Gasteiger partial charge in [-0.05, 0) is 69.7 Å². The number of aromatic nitrogens is 3. The summed E-state index contributed by atoms with van der Waals surface area (Å²) in [5.41, 5.74) is 4.50. The van der Waals surface area contributed by atoms with E-state index in [0.29, 0.717) is 12.0 Å². The van der Waals surface area contributed by atoms with Crippen molar-refractivity contribution in [2.24, 2.45) is 0 Å². The summed E-state index contributed by atoms with van der Waals surface area (Å²) in [6.07, 6.45) is 11.6. The van der Waals surface area contributed by atoms with Crippen LogP contribution in [0, 0.1) is 0 Å². The van der Waals surface area contributed by atoms with Crippen LogP contribution in [0.5, 0.6) is 0 Å². The van der Waals surface area contributed by atoms with E-state index in [1.165, 1.54) is 54.5 Å². The predicted octanol–water partition coefficient (Wildman–Crippen LogP) is 4.98. The second-order valence-corrected chi connectivity index (χ2v) is 11.2. The molecule has 2 saturated heterocycles. The van der Waals surface area contributed by atoms with Crippen LogP contribution in [-0.2, 0) is 4.74 Å². The van der Waals surface area contributed by atoms with Gasteiger partial charge in [-0.3, -0.25) is 13.8 Å². The van der Waals surface area contributed by atoms with Gasteiger partial charge in [-0.25, -0.2) is 9.97 Å². The zero-order chi connectivity index (χ0) is 22.4. The lowest BCUT2D eigenvalue weighted by molar-refractivity contribution is 0.00729. The summed E-state index contributed by atoms with van der Waals surface area (Å²) >= 11 is 6.46. The number of rotatable bonds is 4. The second-order valence-electron chi connectivity index (χ2n) is 9.89. The van der Waals surface area contributed by atoms with Crippen molar-refractivity contribution in [3.63, 3.8) is 0 Å². The Morgan fingerprint density at radius 3 is 2.67 bits per heavy atom. The van der Waals surface area contributed by atoms with Crippen LogP contribution >= 0.6 is 24.2 Å². The Balaban J connectivity index is 1.23. The van der Waals surface area contributed by atoms with Crippen molar-refractivity contribution in [1.82, 2.24) is 23.7 Å². The summed E-state index contributed by atoms with van der Waals surface area (Å²) in [6.45, 7) is 5.12. The third-order valence-electron chi connectivity index (χ3n) is 7.98. The van der Waals surface area contributed by atoms with Crippen molar-refractivity contribution in [1.29, 1.82) is 0 Å². The molecule has 3 aromatic rings. The monoisotopic (exact) mass is 483 g/mol. The number of pyridine rings is 1. The summed E-state index contributed by atoms with van der Waals surface area (Å²) < 4.78 is 7.39. The summed E-state index contributed by atoms with van der Waals surface area (Å²) in [5.74, 6) is 0.591. The van der Waals surface area contributed by atoms with Crippen molar-refractivity contribution in [3.8, 4) is 11.3 Å². The fourth-order valence-corrected chi connectivity index (χ4v) is 7.33. The maximum Gasteiger partial charge on any atom is 0.150 e. The van der Waals surface area contributed by atoms with Gasteiger partial charge in [0.25, 0.3) is 0 Å². The number of thiol groups is 1. The molecule has 8 heteroatoms. The third-order valence-corrected chi connectivity index (χ3v) is 9.23. The first kappa shape index (κ1) is 22.0. The van der Waals surface area contributed by atoms with Crippen molar-refractivity contribution < 1.29 is 4.74 Å². The van der Waals surface area contributed by atoms with Crippen LogP contribution < -0.4 is 0 Å².